The fourth-order valence-corrected chi connectivity index (χ4v) is 9.12. The van der Waals surface area contributed by atoms with Gasteiger partial charge in [-0.15, -0.1) is 0 Å². The van der Waals surface area contributed by atoms with Gasteiger partial charge in [0, 0.05) is 71.8 Å². The molecular weight excluding hydrogens is 947 g/mol. The molecule has 10 rings (SSSR count). The monoisotopic (exact) mass is 1010 g/mol. The van der Waals surface area contributed by atoms with Gasteiger partial charge in [-0.3, -0.25) is 19.8 Å². The summed E-state index contributed by atoms with van der Waals surface area (Å²) in [5, 5.41) is 34.4. The summed E-state index contributed by atoms with van der Waals surface area (Å²) in [6.07, 6.45) is 14.1. The number of aryl methyl sites for hydroxylation is 4. The highest BCUT2D eigenvalue weighted by atomic mass is 19.1. The Balaban J connectivity index is 0.000000179. The average Bonchev–Trinajstić information content (AvgIpc) is 4.24. The molecule has 8 aromatic rings. The van der Waals surface area contributed by atoms with Gasteiger partial charge in [0.05, 0.1) is 59.5 Å². The molecule has 6 atom stereocenters. The highest BCUT2D eigenvalue weighted by Gasteiger charge is 2.34. The summed E-state index contributed by atoms with van der Waals surface area (Å²) in [7, 11) is 0. The fraction of sp³-hybridized carbons (Fsp3) is 0.396. The molecule has 4 unspecified atom stereocenters. The number of carbonyl (C=O) groups is 2. The van der Waals surface area contributed by atoms with Gasteiger partial charge in [-0.05, 0) is 128 Å². The quantitative estimate of drug-likeness (QED) is 0.0727. The second-order valence-electron chi connectivity index (χ2n) is 19.0. The van der Waals surface area contributed by atoms with Crippen molar-refractivity contribution in [1.82, 2.24) is 75.2 Å². The van der Waals surface area contributed by atoms with Crippen LogP contribution in [-0.4, -0.2) is 86.8 Å². The van der Waals surface area contributed by atoms with Crippen molar-refractivity contribution in [3.63, 3.8) is 0 Å². The number of aromatic amines is 2. The number of nitrogens with one attached hydrogen (secondary N) is 3. The third kappa shape index (κ3) is 14.2. The van der Waals surface area contributed by atoms with Crippen molar-refractivity contribution in [2.45, 2.75) is 124 Å². The summed E-state index contributed by atoms with van der Waals surface area (Å²) in [5.41, 5.74) is 15.2. The van der Waals surface area contributed by atoms with Crippen molar-refractivity contribution in [1.29, 1.82) is 0 Å². The van der Waals surface area contributed by atoms with E-state index >= 15 is 0 Å². The normalized spacial score (nSPS) is 17.8. The van der Waals surface area contributed by atoms with E-state index in [4.69, 9.17) is 15.8 Å². The molecule has 6 N–H and O–H groups in total. The Morgan fingerprint density at radius 2 is 1.15 bits per heavy atom. The average molecular weight is 1010 g/mol. The van der Waals surface area contributed by atoms with E-state index in [0.29, 0.717) is 37.3 Å². The van der Waals surface area contributed by atoms with Crippen LogP contribution in [0.4, 0.5) is 8.78 Å². The maximum atomic E-state index is 13.2. The van der Waals surface area contributed by atoms with E-state index in [2.05, 4.69) is 60.8 Å². The number of aliphatic carboxylic acids is 1. The number of pyridine rings is 2. The molecule has 2 aliphatic carbocycles. The number of nitrogens with two attached hydrogens (primary N) is 1. The number of carboxylic acids is 1. The second kappa shape index (κ2) is 24.2. The van der Waals surface area contributed by atoms with Gasteiger partial charge in [0.25, 0.3) is 0 Å². The third-order valence-electron chi connectivity index (χ3n) is 12.9. The fourth-order valence-electron chi connectivity index (χ4n) is 9.12. The number of carboxylic acid groups (broad SMARTS) is 1. The van der Waals surface area contributed by atoms with E-state index in [9.17, 15) is 18.4 Å². The minimum absolute atomic E-state index is 0. The zero-order chi connectivity index (χ0) is 51.8. The molecule has 388 valence electrons. The van der Waals surface area contributed by atoms with Crippen LogP contribution in [0.3, 0.4) is 0 Å². The van der Waals surface area contributed by atoms with E-state index in [1.54, 1.807) is 24.5 Å². The predicted octanol–water partition coefficient (Wildman–Crippen LogP) is 8.33. The Bertz CT molecular complexity index is 3130. The number of nitrogens with zero attached hydrogens (tertiary/aromatic N) is 12. The lowest BCUT2D eigenvalue weighted by Gasteiger charge is -2.18. The van der Waals surface area contributed by atoms with Crippen molar-refractivity contribution in [3.05, 3.63) is 166 Å². The molecule has 0 aliphatic heterocycles. The van der Waals surface area contributed by atoms with Crippen LogP contribution in [0, 0.1) is 51.2 Å². The topological polar surface area (TPSA) is 263 Å². The first-order chi connectivity index (χ1) is 35.0. The highest BCUT2D eigenvalue weighted by molar-refractivity contribution is 5.79. The predicted molar refractivity (Wildman–Crippen MR) is 272 cm³/mol. The van der Waals surface area contributed by atoms with Gasteiger partial charge in [-0.1, -0.05) is 19.6 Å². The summed E-state index contributed by atoms with van der Waals surface area (Å²) < 4.78 is 28.6. The van der Waals surface area contributed by atoms with E-state index in [1.807, 2.05) is 77.9 Å². The minimum atomic E-state index is -0.706. The van der Waals surface area contributed by atoms with Gasteiger partial charge >= 0.3 is 5.97 Å². The van der Waals surface area contributed by atoms with Crippen LogP contribution in [0.1, 0.15) is 152 Å². The molecule has 21 heteroatoms. The number of halogens is 2. The number of carbonyl (C=O) groups excluding carboxylic acids is 1. The molecule has 74 heavy (non-hydrogen) atoms. The van der Waals surface area contributed by atoms with Crippen LogP contribution in [0.5, 0.6) is 0 Å². The Morgan fingerprint density at radius 3 is 1.54 bits per heavy atom. The molecule has 0 spiro atoms. The maximum Gasteiger partial charge on any atom is 0.306 e. The van der Waals surface area contributed by atoms with Crippen molar-refractivity contribution in [2.75, 3.05) is 0 Å². The lowest BCUT2D eigenvalue weighted by atomic mass is 10.0. The van der Waals surface area contributed by atoms with Crippen LogP contribution in [0.2, 0.25) is 0 Å². The van der Waals surface area contributed by atoms with Crippen LogP contribution in [0.25, 0.3) is 11.6 Å². The number of rotatable bonds is 13. The molecule has 2 fully saturated rings. The van der Waals surface area contributed by atoms with Crippen molar-refractivity contribution >= 4 is 11.9 Å². The van der Waals surface area contributed by atoms with Crippen molar-refractivity contribution in [3.8, 4) is 11.6 Å². The van der Waals surface area contributed by atoms with Gasteiger partial charge in [-0.2, -0.15) is 20.4 Å². The lowest BCUT2D eigenvalue weighted by molar-refractivity contribution is -0.141. The molecular formula is C53H64F2N16O3. The Labute approximate surface area is 428 Å². The first-order valence-corrected chi connectivity index (χ1v) is 24.3. The standard InChI is InChI=1S/C26H29FN8O.C16H20N4O2.C10H11FN4.CH4/c1-15-8-22(11-23-9-16(2)33-34-23)32-25(30-15)18-4-5-19(10-18)26(36)31-17(3)20-6-7-24(28-12-20)35-14-21(27)13-29-35;1-9-5-13(8-14-6-10(2)19-20-14)18-15(17-9)11-3-4-12(7-11)16(21)22;1-7(12)8-2-3-10(13-4-8)15-6-9(11)5-14-15;/h6-9,12-14,17-19H,4-5,10-11H2,1-3H3,(H,31,36)(H,33,34);5-6,11-12H,3-4,7-8H2,1-2H3,(H,19,20)(H,21,22);2-7H,12H2,1H3;1H4/t17-,18?,19?;;7-;/m0.0./s1. The number of H-pyrrole nitrogens is 2. The molecule has 2 aliphatic rings. The second-order valence-corrected chi connectivity index (χ2v) is 19.0. The number of aromatic nitrogens is 14. The van der Waals surface area contributed by atoms with Gasteiger partial charge in [0.15, 0.2) is 23.3 Å². The summed E-state index contributed by atoms with van der Waals surface area (Å²) in [5.74, 6) is 1.18. The van der Waals surface area contributed by atoms with E-state index in [1.165, 1.54) is 21.8 Å². The first-order valence-electron chi connectivity index (χ1n) is 24.3. The first kappa shape index (κ1) is 53.8. The van der Waals surface area contributed by atoms with E-state index in [-0.39, 0.29) is 54.9 Å². The third-order valence-corrected chi connectivity index (χ3v) is 12.9. The highest BCUT2D eigenvalue weighted by Crippen LogP contribution is 2.38. The van der Waals surface area contributed by atoms with Crippen LogP contribution >= 0.6 is 0 Å². The molecule has 2 saturated carbocycles. The van der Waals surface area contributed by atoms with E-state index in [0.717, 1.165) is 106 Å². The largest absolute Gasteiger partial charge is 0.481 e. The summed E-state index contributed by atoms with van der Waals surface area (Å²) in [4.78, 5) is 51.3. The maximum absolute atomic E-state index is 13.2. The van der Waals surface area contributed by atoms with Crippen molar-refractivity contribution < 1.29 is 23.5 Å². The summed E-state index contributed by atoms with van der Waals surface area (Å²) in [6.45, 7) is 11.7. The van der Waals surface area contributed by atoms with Crippen LogP contribution in [-0.2, 0) is 22.4 Å². The van der Waals surface area contributed by atoms with Gasteiger partial charge in [-0.25, -0.2) is 48.0 Å². The molecule has 0 bridgehead atoms. The van der Waals surface area contributed by atoms with Gasteiger partial charge in [0.2, 0.25) is 5.91 Å². The Morgan fingerprint density at radius 1 is 0.676 bits per heavy atom. The van der Waals surface area contributed by atoms with Crippen LogP contribution < -0.4 is 11.1 Å². The van der Waals surface area contributed by atoms with E-state index < -0.39 is 11.8 Å². The molecule has 19 nitrogen and oxygen atoms in total. The molecule has 0 radical (unpaired) electrons. The number of amides is 1. The molecule has 0 saturated heterocycles. The number of hydrogen-bond acceptors (Lipinski definition) is 13. The Kier molecular flexibility index (Phi) is 17.6. The minimum Gasteiger partial charge on any atom is -0.481 e. The van der Waals surface area contributed by atoms with Crippen molar-refractivity contribution in [2.24, 2.45) is 17.6 Å². The smallest absolute Gasteiger partial charge is 0.306 e. The van der Waals surface area contributed by atoms with Crippen LogP contribution in [0.15, 0.2) is 85.7 Å². The SMILES string of the molecule is C.C[C@H](N)c1ccc(-n2cc(F)cn2)nc1.Cc1cc(Cc2cc(C)[nH]n2)nc(C2CCC(C(=O)N[C@@H](C)c3ccc(-n4cc(F)cn4)nc3)C2)n1.Cc1cc(Cc2cc(C)[nH]n2)nc(C2CCC(C(=O)O)C2)n1. The number of hydrogen-bond donors (Lipinski definition) is 5. The van der Waals surface area contributed by atoms with Gasteiger partial charge in [0.1, 0.15) is 11.6 Å². The molecule has 8 heterocycles. The lowest BCUT2D eigenvalue weighted by Crippen LogP contribution is -2.31. The zero-order valence-corrected chi connectivity index (χ0v) is 41.7. The molecule has 8 aromatic heterocycles. The zero-order valence-electron chi connectivity index (χ0n) is 41.7. The summed E-state index contributed by atoms with van der Waals surface area (Å²) >= 11 is 0. The summed E-state index contributed by atoms with van der Waals surface area (Å²) in [6, 6.07) is 15.0. The Hall–Kier alpha value is -7.94. The molecule has 1 amide bonds. The molecule has 0 aromatic carbocycles. The van der Waals surface area contributed by atoms with Gasteiger partial charge < -0.3 is 16.2 Å².